The molecule has 0 bridgehead atoms. The minimum atomic E-state index is -0.773. The molecule has 0 fully saturated rings. The van der Waals surface area contributed by atoms with Gasteiger partial charge in [0.2, 0.25) is 0 Å². The van der Waals surface area contributed by atoms with Gasteiger partial charge in [-0.05, 0) is 32.9 Å². The van der Waals surface area contributed by atoms with E-state index in [9.17, 15) is 9.59 Å². The molecule has 1 rings (SSSR count). The van der Waals surface area contributed by atoms with E-state index >= 15 is 0 Å². The number of anilines is 1. The molecule has 21 heavy (non-hydrogen) atoms. The fraction of sp³-hybridized carbons (Fsp3) is 0.467. The summed E-state index contributed by atoms with van der Waals surface area (Å²) >= 11 is 0. The second-order valence-corrected chi connectivity index (χ2v) is 5.45. The number of carbonyl (C=O) groups excluding carboxylic acids is 2. The highest BCUT2D eigenvalue weighted by molar-refractivity contribution is 5.73. The molecule has 2 N–H and O–H groups in total. The topological polar surface area (TPSA) is 76.7 Å². The molecule has 0 spiro atoms. The number of hydrogen-bond donors (Lipinski definition) is 2. The maximum absolute atomic E-state index is 11.6. The van der Waals surface area contributed by atoms with E-state index in [2.05, 4.69) is 10.6 Å². The van der Waals surface area contributed by atoms with Crippen molar-refractivity contribution in [2.45, 2.75) is 32.4 Å². The lowest BCUT2D eigenvalue weighted by Crippen LogP contribution is -2.43. The fourth-order valence-electron chi connectivity index (χ4n) is 1.55. The molecule has 1 aromatic carbocycles. The second-order valence-electron chi connectivity index (χ2n) is 5.45. The predicted molar refractivity (Wildman–Crippen MR) is 80.7 cm³/mol. The van der Waals surface area contributed by atoms with Gasteiger partial charge in [-0.1, -0.05) is 12.1 Å². The van der Waals surface area contributed by atoms with Gasteiger partial charge < -0.3 is 24.9 Å². The van der Waals surface area contributed by atoms with E-state index in [1.54, 1.807) is 33.9 Å². The van der Waals surface area contributed by atoms with Gasteiger partial charge in [0.05, 0.1) is 5.69 Å². The van der Waals surface area contributed by atoms with E-state index in [1.165, 1.54) is 0 Å². The number of carbonyl (C=O) groups is 2. The van der Waals surface area contributed by atoms with Gasteiger partial charge in [0.15, 0.2) is 0 Å². The van der Waals surface area contributed by atoms with Crippen molar-refractivity contribution >= 4 is 18.1 Å². The van der Waals surface area contributed by atoms with E-state index in [-0.39, 0.29) is 6.61 Å². The van der Waals surface area contributed by atoms with Crippen molar-refractivity contribution in [1.29, 1.82) is 0 Å². The van der Waals surface area contributed by atoms with E-state index in [1.807, 2.05) is 18.2 Å². The molecule has 1 amide bonds. The summed E-state index contributed by atoms with van der Waals surface area (Å²) in [5.41, 5.74) is 0.191. The van der Waals surface area contributed by atoms with Crippen LogP contribution in [-0.4, -0.2) is 37.7 Å². The van der Waals surface area contributed by atoms with Crippen LogP contribution >= 0.6 is 0 Å². The van der Waals surface area contributed by atoms with Crippen molar-refractivity contribution in [2.75, 3.05) is 19.0 Å². The van der Waals surface area contributed by atoms with Crippen LogP contribution in [0.15, 0.2) is 24.3 Å². The summed E-state index contributed by atoms with van der Waals surface area (Å²) in [5.74, 6) is 0.609. The van der Waals surface area contributed by atoms with E-state index in [0.29, 0.717) is 12.0 Å². The van der Waals surface area contributed by atoms with Crippen molar-refractivity contribution in [3.63, 3.8) is 0 Å². The van der Waals surface area contributed by atoms with Crippen LogP contribution in [0.5, 0.6) is 5.75 Å². The van der Waals surface area contributed by atoms with Crippen LogP contribution in [-0.2, 0) is 9.53 Å². The van der Waals surface area contributed by atoms with Crippen LogP contribution in [0.2, 0.25) is 0 Å². The first-order valence-corrected chi connectivity index (χ1v) is 6.70. The molecule has 0 aromatic heterocycles. The number of nitrogens with one attached hydrogen (secondary N) is 2. The van der Waals surface area contributed by atoms with Gasteiger partial charge in [0, 0.05) is 7.05 Å². The highest BCUT2D eigenvalue weighted by Gasteiger charge is 2.19. The summed E-state index contributed by atoms with van der Waals surface area (Å²) in [6.07, 6.45) is -0.0311. The lowest BCUT2D eigenvalue weighted by molar-refractivity contribution is -0.110. The molecular formula is C15H22N2O4. The average molecular weight is 294 g/mol. The van der Waals surface area contributed by atoms with Crippen LogP contribution in [0.3, 0.4) is 0 Å². The SMILES string of the molecule is CNc1ccccc1OC[C@@H](C=O)NC(=O)OC(C)(C)C. The molecule has 0 saturated heterocycles. The molecule has 0 radical (unpaired) electrons. The van der Waals surface area contributed by atoms with E-state index < -0.39 is 17.7 Å². The Labute approximate surface area is 124 Å². The molecule has 0 unspecified atom stereocenters. The van der Waals surface area contributed by atoms with Crippen molar-refractivity contribution < 1.29 is 19.1 Å². The standard InChI is InChI=1S/C15H22N2O4/c1-15(2,3)21-14(19)17-11(9-18)10-20-13-8-6-5-7-12(13)16-4/h5-9,11,16H,10H2,1-4H3,(H,17,19)/t11-/m1/s1. The van der Waals surface area contributed by atoms with Crippen LogP contribution in [0.25, 0.3) is 0 Å². The highest BCUT2D eigenvalue weighted by Crippen LogP contribution is 2.22. The summed E-state index contributed by atoms with van der Waals surface area (Å²) in [7, 11) is 1.78. The summed E-state index contributed by atoms with van der Waals surface area (Å²) in [4.78, 5) is 22.6. The number of hydrogen-bond acceptors (Lipinski definition) is 5. The molecule has 1 aromatic rings. The largest absolute Gasteiger partial charge is 0.489 e. The highest BCUT2D eigenvalue weighted by atomic mass is 16.6. The minimum absolute atomic E-state index is 0.0292. The van der Waals surface area contributed by atoms with Gasteiger partial charge in [0.1, 0.15) is 30.3 Å². The molecule has 1 atom stereocenters. The van der Waals surface area contributed by atoms with Gasteiger partial charge >= 0.3 is 6.09 Å². The van der Waals surface area contributed by atoms with Gasteiger partial charge in [-0.25, -0.2) is 4.79 Å². The first-order chi connectivity index (χ1) is 9.85. The van der Waals surface area contributed by atoms with Gasteiger partial charge in [0.25, 0.3) is 0 Å². The maximum atomic E-state index is 11.6. The quantitative estimate of drug-likeness (QED) is 0.787. The number of rotatable bonds is 6. The number of amides is 1. The first-order valence-electron chi connectivity index (χ1n) is 6.70. The Morgan fingerprint density at radius 1 is 1.33 bits per heavy atom. The third-order valence-electron chi connectivity index (χ3n) is 2.44. The smallest absolute Gasteiger partial charge is 0.408 e. The lowest BCUT2D eigenvalue weighted by Gasteiger charge is -2.21. The zero-order chi connectivity index (χ0) is 15.9. The molecular weight excluding hydrogens is 272 g/mol. The van der Waals surface area contributed by atoms with Gasteiger partial charge in [-0.2, -0.15) is 0 Å². The minimum Gasteiger partial charge on any atom is -0.489 e. The molecule has 116 valence electrons. The zero-order valence-electron chi connectivity index (χ0n) is 12.8. The molecule has 0 heterocycles. The van der Waals surface area contributed by atoms with Gasteiger partial charge in [-0.15, -0.1) is 0 Å². The lowest BCUT2D eigenvalue weighted by atomic mass is 10.2. The van der Waals surface area contributed by atoms with Gasteiger partial charge in [-0.3, -0.25) is 0 Å². The first kappa shape index (κ1) is 16.8. The molecule has 0 aliphatic heterocycles. The van der Waals surface area contributed by atoms with E-state index in [0.717, 1.165) is 5.69 Å². The van der Waals surface area contributed by atoms with Crippen molar-refractivity contribution in [2.24, 2.45) is 0 Å². The van der Waals surface area contributed by atoms with Crippen molar-refractivity contribution in [1.82, 2.24) is 5.32 Å². The maximum Gasteiger partial charge on any atom is 0.408 e. The summed E-state index contributed by atoms with van der Waals surface area (Å²) in [5, 5.41) is 5.44. The van der Waals surface area contributed by atoms with Crippen LogP contribution in [0.1, 0.15) is 20.8 Å². The molecule has 0 aliphatic rings. The number of aldehydes is 1. The third kappa shape index (κ3) is 6.16. The predicted octanol–water partition coefficient (Wildman–Crippen LogP) is 2.20. The zero-order valence-corrected chi connectivity index (χ0v) is 12.8. The Morgan fingerprint density at radius 3 is 2.57 bits per heavy atom. The molecule has 0 saturated carbocycles. The van der Waals surface area contributed by atoms with Crippen LogP contribution < -0.4 is 15.4 Å². The van der Waals surface area contributed by atoms with Crippen LogP contribution in [0.4, 0.5) is 10.5 Å². The normalized spacial score (nSPS) is 12.2. The summed E-state index contributed by atoms with van der Waals surface area (Å²) in [6, 6.07) is 6.56. The second kappa shape index (κ2) is 7.52. The summed E-state index contributed by atoms with van der Waals surface area (Å²) < 4.78 is 10.6. The Kier molecular flexibility index (Phi) is 6.02. The summed E-state index contributed by atoms with van der Waals surface area (Å²) in [6.45, 7) is 5.29. The Morgan fingerprint density at radius 2 is 2.00 bits per heavy atom. The molecule has 6 nitrogen and oxygen atoms in total. The Bertz CT molecular complexity index is 483. The average Bonchev–Trinajstić information content (AvgIpc) is 2.41. The monoisotopic (exact) mass is 294 g/mol. The fourth-order valence-corrected chi connectivity index (χ4v) is 1.55. The van der Waals surface area contributed by atoms with Crippen LogP contribution in [0, 0.1) is 0 Å². The number of benzene rings is 1. The molecule has 0 aliphatic carbocycles. The Balaban J connectivity index is 2.55. The Hall–Kier alpha value is -2.24. The molecule has 6 heteroatoms. The number of ether oxygens (including phenoxy) is 2. The third-order valence-corrected chi connectivity index (χ3v) is 2.44. The number of alkyl carbamates (subject to hydrolysis) is 1. The van der Waals surface area contributed by atoms with Crippen molar-refractivity contribution in [3.05, 3.63) is 24.3 Å². The van der Waals surface area contributed by atoms with Crippen molar-refractivity contribution in [3.8, 4) is 5.75 Å². The number of para-hydroxylation sites is 2. The van der Waals surface area contributed by atoms with E-state index in [4.69, 9.17) is 9.47 Å².